The summed E-state index contributed by atoms with van der Waals surface area (Å²) in [6, 6.07) is 9.73. The minimum Gasteiger partial charge on any atom is -0.362 e. The molecule has 0 saturated carbocycles. The minimum absolute atomic E-state index is 0.0434. The van der Waals surface area contributed by atoms with E-state index in [0.29, 0.717) is 38.2 Å². The van der Waals surface area contributed by atoms with Crippen molar-refractivity contribution in [3.63, 3.8) is 0 Å². The highest BCUT2D eigenvalue weighted by Crippen LogP contribution is 2.17. The van der Waals surface area contributed by atoms with Gasteiger partial charge in [-0.05, 0) is 56.0 Å². The fraction of sp³-hybridized carbons (Fsp3) is 0.400. The van der Waals surface area contributed by atoms with Crippen LogP contribution in [0.5, 0.6) is 0 Å². The van der Waals surface area contributed by atoms with Gasteiger partial charge >= 0.3 is 0 Å². The van der Waals surface area contributed by atoms with Crippen LogP contribution in [0, 0.1) is 13.8 Å². The van der Waals surface area contributed by atoms with Gasteiger partial charge in [-0.15, -0.1) is 11.8 Å². The lowest BCUT2D eigenvalue weighted by molar-refractivity contribution is -0.131. The molecule has 1 aromatic carbocycles. The van der Waals surface area contributed by atoms with E-state index >= 15 is 0 Å². The van der Waals surface area contributed by atoms with Gasteiger partial charge in [0, 0.05) is 48.0 Å². The Bertz CT molecular complexity index is 790. The predicted octanol–water partition coefficient (Wildman–Crippen LogP) is 2.88. The summed E-state index contributed by atoms with van der Waals surface area (Å²) in [5.74, 6) is 0.172. The molecular formula is C20H25N3O2S. The predicted molar refractivity (Wildman–Crippen MR) is 105 cm³/mol. The second-order valence-corrected chi connectivity index (χ2v) is 7.56. The first-order valence-electron chi connectivity index (χ1n) is 8.84. The molecule has 1 N–H and O–H groups in total. The molecule has 3 rings (SSSR count). The molecule has 1 saturated heterocycles. The second-order valence-electron chi connectivity index (χ2n) is 6.68. The smallest absolute Gasteiger partial charge is 0.253 e. The van der Waals surface area contributed by atoms with E-state index in [1.54, 1.807) is 11.8 Å². The first kappa shape index (κ1) is 18.6. The van der Waals surface area contributed by atoms with E-state index in [0.717, 1.165) is 21.8 Å². The molecule has 2 heterocycles. The number of nitrogens with one attached hydrogen (secondary N) is 1. The van der Waals surface area contributed by atoms with Gasteiger partial charge in [-0.2, -0.15) is 0 Å². The van der Waals surface area contributed by atoms with Crippen molar-refractivity contribution in [2.45, 2.75) is 25.2 Å². The molecule has 2 amide bonds. The number of carbonyl (C=O) groups excluding carboxylic acids is 2. The Morgan fingerprint density at radius 2 is 1.65 bits per heavy atom. The average molecular weight is 372 g/mol. The first-order chi connectivity index (χ1) is 12.5. The minimum atomic E-state index is 0.0434. The quantitative estimate of drug-likeness (QED) is 0.841. The van der Waals surface area contributed by atoms with Crippen LogP contribution < -0.4 is 0 Å². The normalized spacial score (nSPS) is 14.6. The third-order valence-electron chi connectivity index (χ3n) is 4.86. The number of H-pyrrole nitrogens is 1. The molecule has 1 aliphatic rings. The summed E-state index contributed by atoms with van der Waals surface area (Å²) in [6.07, 6.45) is 2.43. The summed E-state index contributed by atoms with van der Waals surface area (Å²) in [7, 11) is 0. The molecule has 0 unspecified atom stereocenters. The van der Waals surface area contributed by atoms with Gasteiger partial charge < -0.3 is 14.8 Å². The maximum absolute atomic E-state index is 12.6. The van der Waals surface area contributed by atoms with E-state index in [2.05, 4.69) is 4.98 Å². The lowest BCUT2D eigenvalue weighted by Crippen LogP contribution is -2.51. The molecule has 26 heavy (non-hydrogen) atoms. The molecule has 5 nitrogen and oxygen atoms in total. The average Bonchev–Trinajstić information content (AvgIpc) is 2.98. The van der Waals surface area contributed by atoms with Crippen molar-refractivity contribution in [3.05, 3.63) is 52.8 Å². The molecule has 1 fully saturated rings. The number of aromatic nitrogens is 1. The standard InChI is InChI=1S/C20H25N3O2S/c1-14-12-17(15(2)21-14)13-19(24)22-8-10-23(11-9-22)20(25)16-4-6-18(26-3)7-5-16/h4-7,12,21H,8-11,13H2,1-3H3. The van der Waals surface area contributed by atoms with Gasteiger partial charge in [0.1, 0.15) is 0 Å². The van der Waals surface area contributed by atoms with E-state index in [4.69, 9.17) is 0 Å². The van der Waals surface area contributed by atoms with Crippen molar-refractivity contribution >= 4 is 23.6 Å². The second kappa shape index (κ2) is 7.99. The number of carbonyl (C=O) groups is 2. The molecule has 0 bridgehead atoms. The molecule has 2 aromatic rings. The Labute approximate surface area is 158 Å². The molecular weight excluding hydrogens is 346 g/mol. The van der Waals surface area contributed by atoms with Crippen LogP contribution in [0.3, 0.4) is 0 Å². The van der Waals surface area contributed by atoms with Crippen LogP contribution in [0.2, 0.25) is 0 Å². The van der Waals surface area contributed by atoms with Crippen LogP contribution in [-0.2, 0) is 11.2 Å². The summed E-state index contributed by atoms with van der Waals surface area (Å²) < 4.78 is 0. The summed E-state index contributed by atoms with van der Waals surface area (Å²) in [6.45, 7) is 6.34. The fourth-order valence-electron chi connectivity index (χ4n) is 3.32. The lowest BCUT2D eigenvalue weighted by Gasteiger charge is -2.35. The highest BCUT2D eigenvalue weighted by molar-refractivity contribution is 7.98. The topological polar surface area (TPSA) is 56.4 Å². The number of thioether (sulfide) groups is 1. The molecule has 0 aliphatic carbocycles. The number of piperazine rings is 1. The van der Waals surface area contributed by atoms with Crippen LogP contribution >= 0.6 is 11.8 Å². The van der Waals surface area contributed by atoms with Crippen LogP contribution in [0.15, 0.2) is 35.2 Å². The zero-order valence-electron chi connectivity index (χ0n) is 15.5. The third kappa shape index (κ3) is 4.12. The van der Waals surface area contributed by atoms with Crippen LogP contribution in [0.25, 0.3) is 0 Å². The molecule has 6 heteroatoms. The molecule has 0 spiro atoms. The third-order valence-corrected chi connectivity index (χ3v) is 5.60. The number of aromatic amines is 1. The molecule has 138 valence electrons. The van der Waals surface area contributed by atoms with Gasteiger partial charge in [0.25, 0.3) is 5.91 Å². The van der Waals surface area contributed by atoms with E-state index in [1.807, 2.05) is 60.2 Å². The van der Waals surface area contributed by atoms with Crippen molar-refractivity contribution in [1.82, 2.24) is 14.8 Å². The Morgan fingerprint density at radius 3 is 2.19 bits per heavy atom. The summed E-state index contributed by atoms with van der Waals surface area (Å²) in [4.78, 5) is 33.3. The first-order valence-corrected chi connectivity index (χ1v) is 10.1. The lowest BCUT2D eigenvalue weighted by atomic mass is 10.1. The fourth-order valence-corrected chi connectivity index (χ4v) is 3.72. The molecule has 0 radical (unpaired) electrons. The van der Waals surface area contributed by atoms with E-state index in [-0.39, 0.29) is 11.8 Å². The zero-order valence-corrected chi connectivity index (χ0v) is 16.4. The summed E-state index contributed by atoms with van der Waals surface area (Å²) >= 11 is 1.66. The highest BCUT2D eigenvalue weighted by atomic mass is 32.2. The van der Waals surface area contributed by atoms with Crippen LogP contribution in [0.1, 0.15) is 27.3 Å². The SMILES string of the molecule is CSc1ccc(C(=O)N2CCN(C(=O)Cc3cc(C)[nH]c3C)CC2)cc1. The monoisotopic (exact) mass is 371 g/mol. The van der Waals surface area contributed by atoms with Crippen molar-refractivity contribution < 1.29 is 9.59 Å². The van der Waals surface area contributed by atoms with Gasteiger partial charge in [0.05, 0.1) is 6.42 Å². The number of rotatable bonds is 4. The van der Waals surface area contributed by atoms with Gasteiger partial charge in [-0.3, -0.25) is 9.59 Å². The van der Waals surface area contributed by atoms with Gasteiger partial charge in [-0.1, -0.05) is 0 Å². The molecule has 1 aromatic heterocycles. The van der Waals surface area contributed by atoms with Crippen molar-refractivity contribution in [2.24, 2.45) is 0 Å². The van der Waals surface area contributed by atoms with E-state index < -0.39 is 0 Å². The van der Waals surface area contributed by atoms with Crippen molar-refractivity contribution in [1.29, 1.82) is 0 Å². The Morgan fingerprint density at radius 1 is 1.04 bits per heavy atom. The Kier molecular flexibility index (Phi) is 5.71. The van der Waals surface area contributed by atoms with E-state index in [9.17, 15) is 9.59 Å². The number of aryl methyl sites for hydroxylation is 2. The largest absolute Gasteiger partial charge is 0.362 e. The highest BCUT2D eigenvalue weighted by Gasteiger charge is 2.25. The maximum Gasteiger partial charge on any atom is 0.253 e. The maximum atomic E-state index is 12.6. The number of benzene rings is 1. The van der Waals surface area contributed by atoms with Crippen molar-refractivity contribution in [2.75, 3.05) is 32.4 Å². The summed E-state index contributed by atoms with van der Waals surface area (Å²) in [5.41, 5.74) is 3.90. The number of nitrogens with zero attached hydrogens (tertiary/aromatic N) is 2. The Hall–Kier alpha value is -2.21. The zero-order chi connectivity index (χ0) is 18.7. The van der Waals surface area contributed by atoms with Crippen LogP contribution in [-0.4, -0.2) is 59.0 Å². The van der Waals surface area contributed by atoms with Gasteiger partial charge in [0.2, 0.25) is 5.91 Å². The van der Waals surface area contributed by atoms with Crippen molar-refractivity contribution in [3.8, 4) is 0 Å². The molecule has 0 atom stereocenters. The van der Waals surface area contributed by atoms with Crippen LogP contribution in [0.4, 0.5) is 0 Å². The summed E-state index contributed by atoms with van der Waals surface area (Å²) in [5, 5.41) is 0. The Balaban J connectivity index is 1.55. The van der Waals surface area contributed by atoms with E-state index in [1.165, 1.54) is 0 Å². The number of amides is 2. The number of hydrogen-bond acceptors (Lipinski definition) is 3. The van der Waals surface area contributed by atoms with Gasteiger partial charge in [-0.25, -0.2) is 0 Å². The number of hydrogen-bond donors (Lipinski definition) is 1. The van der Waals surface area contributed by atoms with Gasteiger partial charge in [0.15, 0.2) is 0 Å². The molecule has 1 aliphatic heterocycles.